The van der Waals surface area contributed by atoms with Crippen molar-refractivity contribution in [1.82, 2.24) is 5.32 Å². The number of hydrogen-bond donors (Lipinski definition) is 1. The Morgan fingerprint density at radius 2 is 2.12 bits per heavy atom. The monoisotopic (exact) mass is 239 g/mol. The highest BCUT2D eigenvalue weighted by Crippen LogP contribution is 2.40. The third-order valence-corrected chi connectivity index (χ3v) is 3.68. The maximum atomic E-state index is 13.7. The summed E-state index contributed by atoms with van der Waals surface area (Å²) >= 11 is 0. The topological polar surface area (TPSA) is 12.0 Å². The van der Waals surface area contributed by atoms with Gasteiger partial charge in [-0.25, -0.2) is 8.78 Å². The molecule has 1 aliphatic carbocycles. The minimum Gasteiger partial charge on any atom is -0.317 e. The molecule has 1 aromatic carbocycles. The molecule has 94 valence electrons. The largest absolute Gasteiger partial charge is 0.317 e. The molecule has 2 atom stereocenters. The van der Waals surface area contributed by atoms with Crippen LogP contribution in [0.25, 0.3) is 0 Å². The van der Waals surface area contributed by atoms with Crippen molar-refractivity contribution in [3.8, 4) is 0 Å². The molecule has 2 rings (SSSR count). The fraction of sp³-hybridized carbons (Fsp3) is 0.571. The van der Waals surface area contributed by atoms with Gasteiger partial charge >= 0.3 is 0 Å². The second-order valence-corrected chi connectivity index (χ2v) is 4.77. The molecule has 0 aromatic heterocycles. The summed E-state index contributed by atoms with van der Waals surface area (Å²) in [5.74, 6) is -0.157. The Balaban J connectivity index is 2.14. The van der Waals surface area contributed by atoms with Crippen LogP contribution in [0.15, 0.2) is 18.2 Å². The lowest BCUT2D eigenvalue weighted by Gasteiger charge is -2.20. The molecule has 1 aliphatic rings. The Morgan fingerprint density at radius 3 is 2.82 bits per heavy atom. The van der Waals surface area contributed by atoms with E-state index in [-0.39, 0.29) is 5.92 Å². The quantitative estimate of drug-likeness (QED) is 0.848. The Kier molecular flexibility index (Phi) is 4.11. The molecule has 0 aliphatic heterocycles. The van der Waals surface area contributed by atoms with E-state index in [4.69, 9.17) is 0 Å². The summed E-state index contributed by atoms with van der Waals surface area (Å²) in [5.41, 5.74) is 0.687. The molecule has 0 heterocycles. The maximum absolute atomic E-state index is 13.7. The van der Waals surface area contributed by atoms with Gasteiger partial charge in [0.15, 0.2) is 0 Å². The van der Waals surface area contributed by atoms with Gasteiger partial charge in [0, 0.05) is 6.07 Å². The van der Waals surface area contributed by atoms with E-state index in [1.165, 1.54) is 6.07 Å². The molecule has 0 radical (unpaired) electrons. The van der Waals surface area contributed by atoms with Crippen molar-refractivity contribution in [1.29, 1.82) is 0 Å². The van der Waals surface area contributed by atoms with Gasteiger partial charge in [-0.1, -0.05) is 19.4 Å². The predicted molar refractivity (Wildman–Crippen MR) is 65.0 cm³/mol. The zero-order chi connectivity index (χ0) is 12.3. The molecular formula is C14H19F2N. The minimum atomic E-state index is -0.493. The average molecular weight is 239 g/mol. The smallest absolute Gasteiger partial charge is 0.129 e. The lowest BCUT2D eigenvalue weighted by atomic mass is 9.88. The first-order valence-electron chi connectivity index (χ1n) is 6.38. The molecule has 1 nitrogen and oxygen atoms in total. The van der Waals surface area contributed by atoms with Crippen LogP contribution in [0.2, 0.25) is 0 Å². The number of benzene rings is 1. The van der Waals surface area contributed by atoms with Crippen molar-refractivity contribution in [3.05, 3.63) is 35.4 Å². The van der Waals surface area contributed by atoms with E-state index < -0.39 is 11.6 Å². The fourth-order valence-corrected chi connectivity index (χ4v) is 2.82. The van der Waals surface area contributed by atoms with Gasteiger partial charge in [0.1, 0.15) is 11.6 Å². The van der Waals surface area contributed by atoms with Crippen LogP contribution in [0.5, 0.6) is 0 Å². The molecule has 1 saturated carbocycles. The van der Waals surface area contributed by atoms with E-state index in [9.17, 15) is 8.78 Å². The summed E-state index contributed by atoms with van der Waals surface area (Å²) < 4.78 is 26.6. The minimum absolute atomic E-state index is 0.245. The van der Waals surface area contributed by atoms with E-state index in [0.29, 0.717) is 11.5 Å². The summed E-state index contributed by atoms with van der Waals surface area (Å²) in [6, 6.07) is 3.97. The third kappa shape index (κ3) is 2.83. The zero-order valence-electron chi connectivity index (χ0n) is 10.2. The Hall–Kier alpha value is -0.960. The van der Waals surface area contributed by atoms with E-state index in [1.54, 1.807) is 6.07 Å². The Bertz CT molecular complexity index is 378. The molecule has 17 heavy (non-hydrogen) atoms. The van der Waals surface area contributed by atoms with Crippen LogP contribution < -0.4 is 5.32 Å². The number of halogens is 2. The van der Waals surface area contributed by atoms with E-state index in [0.717, 1.165) is 38.4 Å². The summed E-state index contributed by atoms with van der Waals surface area (Å²) in [4.78, 5) is 0. The Labute approximate surface area is 101 Å². The number of rotatable bonds is 4. The van der Waals surface area contributed by atoms with Crippen LogP contribution in [0, 0.1) is 17.6 Å². The zero-order valence-corrected chi connectivity index (χ0v) is 10.2. The van der Waals surface area contributed by atoms with Gasteiger partial charge in [0.05, 0.1) is 0 Å². The van der Waals surface area contributed by atoms with E-state index in [1.807, 2.05) is 0 Å². The highest BCUT2D eigenvalue weighted by molar-refractivity contribution is 5.24. The van der Waals surface area contributed by atoms with Crippen LogP contribution >= 0.6 is 0 Å². The molecule has 0 bridgehead atoms. The second-order valence-electron chi connectivity index (χ2n) is 4.77. The SMILES string of the molecule is CCNCC1CCCC1c1ccc(F)cc1F. The summed E-state index contributed by atoms with van der Waals surface area (Å²) in [6.45, 7) is 3.94. The number of nitrogens with one attached hydrogen (secondary N) is 1. The van der Waals surface area contributed by atoms with Crippen LogP contribution in [-0.2, 0) is 0 Å². The first-order valence-corrected chi connectivity index (χ1v) is 6.38. The molecule has 1 aromatic rings. The van der Waals surface area contributed by atoms with Crippen LogP contribution in [-0.4, -0.2) is 13.1 Å². The van der Waals surface area contributed by atoms with Crippen LogP contribution in [0.3, 0.4) is 0 Å². The lowest BCUT2D eigenvalue weighted by molar-refractivity contribution is 0.435. The highest BCUT2D eigenvalue weighted by Gasteiger charge is 2.29. The third-order valence-electron chi connectivity index (χ3n) is 3.68. The van der Waals surface area contributed by atoms with Crippen molar-refractivity contribution >= 4 is 0 Å². The Morgan fingerprint density at radius 1 is 1.29 bits per heavy atom. The molecule has 0 spiro atoms. The normalized spacial score (nSPS) is 24.2. The first kappa shape index (κ1) is 12.5. The van der Waals surface area contributed by atoms with Crippen LogP contribution in [0.1, 0.15) is 37.7 Å². The maximum Gasteiger partial charge on any atom is 0.129 e. The first-order chi connectivity index (χ1) is 8.22. The van der Waals surface area contributed by atoms with Crippen molar-refractivity contribution in [2.24, 2.45) is 5.92 Å². The highest BCUT2D eigenvalue weighted by atomic mass is 19.1. The molecule has 3 heteroatoms. The van der Waals surface area contributed by atoms with Gasteiger partial charge in [-0.05, 0) is 49.4 Å². The van der Waals surface area contributed by atoms with Gasteiger partial charge in [-0.3, -0.25) is 0 Å². The lowest BCUT2D eigenvalue weighted by Crippen LogP contribution is -2.24. The van der Waals surface area contributed by atoms with Crippen LogP contribution in [0.4, 0.5) is 8.78 Å². The van der Waals surface area contributed by atoms with Gasteiger partial charge in [0.25, 0.3) is 0 Å². The standard InChI is InChI=1S/C14H19F2N/c1-2-17-9-10-4-3-5-12(10)13-7-6-11(15)8-14(13)16/h6-8,10,12,17H,2-5,9H2,1H3. The summed E-state index contributed by atoms with van der Waals surface area (Å²) in [5, 5.41) is 3.32. The average Bonchev–Trinajstić information content (AvgIpc) is 2.74. The van der Waals surface area contributed by atoms with Gasteiger partial charge in [-0.2, -0.15) is 0 Å². The van der Waals surface area contributed by atoms with Gasteiger partial charge in [-0.15, -0.1) is 0 Å². The van der Waals surface area contributed by atoms with Crippen molar-refractivity contribution in [2.75, 3.05) is 13.1 Å². The van der Waals surface area contributed by atoms with Crippen molar-refractivity contribution in [3.63, 3.8) is 0 Å². The van der Waals surface area contributed by atoms with E-state index in [2.05, 4.69) is 12.2 Å². The second kappa shape index (κ2) is 5.58. The fourth-order valence-electron chi connectivity index (χ4n) is 2.82. The van der Waals surface area contributed by atoms with Crippen molar-refractivity contribution < 1.29 is 8.78 Å². The molecule has 2 unspecified atom stereocenters. The van der Waals surface area contributed by atoms with Gasteiger partial charge in [0.2, 0.25) is 0 Å². The van der Waals surface area contributed by atoms with E-state index >= 15 is 0 Å². The molecular weight excluding hydrogens is 220 g/mol. The summed E-state index contributed by atoms with van der Waals surface area (Å²) in [6.07, 6.45) is 3.28. The van der Waals surface area contributed by atoms with Gasteiger partial charge < -0.3 is 5.32 Å². The predicted octanol–water partition coefficient (Wildman–Crippen LogP) is 3.46. The molecule has 1 N–H and O–H groups in total. The summed E-state index contributed by atoms with van der Waals surface area (Å²) in [7, 11) is 0. The number of hydrogen-bond acceptors (Lipinski definition) is 1. The molecule has 0 amide bonds. The van der Waals surface area contributed by atoms with Crippen molar-refractivity contribution in [2.45, 2.75) is 32.1 Å². The molecule has 0 saturated heterocycles. The molecule has 1 fully saturated rings.